The average molecular weight is 342 g/mol. The third-order valence-electron chi connectivity index (χ3n) is 3.55. The SMILES string of the molecule is CN1CC(Oc2ccc(CC(C)(C)C(=O)O)cc2Br)C1. The number of ether oxygens (including phenoxy) is 1. The largest absolute Gasteiger partial charge is 0.487 e. The van der Waals surface area contributed by atoms with Crippen LogP contribution in [0.1, 0.15) is 19.4 Å². The van der Waals surface area contributed by atoms with E-state index in [1.807, 2.05) is 18.2 Å². The second-order valence-electron chi connectivity index (χ2n) is 6.09. The van der Waals surface area contributed by atoms with Crippen LogP contribution in [0.5, 0.6) is 5.75 Å². The van der Waals surface area contributed by atoms with Crippen molar-refractivity contribution in [2.24, 2.45) is 5.41 Å². The van der Waals surface area contributed by atoms with Gasteiger partial charge in [0.2, 0.25) is 0 Å². The number of carbonyl (C=O) groups is 1. The van der Waals surface area contributed by atoms with Crippen molar-refractivity contribution in [3.63, 3.8) is 0 Å². The zero-order valence-electron chi connectivity index (χ0n) is 12.0. The molecule has 0 amide bonds. The minimum atomic E-state index is -0.786. The van der Waals surface area contributed by atoms with Gasteiger partial charge in [0.05, 0.1) is 9.89 Å². The van der Waals surface area contributed by atoms with Crippen LogP contribution in [-0.4, -0.2) is 42.2 Å². The van der Waals surface area contributed by atoms with Crippen LogP contribution in [0, 0.1) is 5.41 Å². The standard InChI is InChI=1S/C15H20BrNO3/c1-15(2,14(18)19)7-10-4-5-13(12(16)6-10)20-11-8-17(3)9-11/h4-6,11H,7-9H2,1-3H3,(H,18,19). The summed E-state index contributed by atoms with van der Waals surface area (Å²) < 4.78 is 6.76. The molecule has 1 aliphatic rings. The summed E-state index contributed by atoms with van der Waals surface area (Å²) >= 11 is 3.50. The highest BCUT2D eigenvalue weighted by molar-refractivity contribution is 9.10. The first-order chi connectivity index (χ1) is 9.28. The van der Waals surface area contributed by atoms with Gasteiger partial charge in [0.25, 0.3) is 0 Å². The summed E-state index contributed by atoms with van der Waals surface area (Å²) in [5, 5.41) is 9.17. The maximum Gasteiger partial charge on any atom is 0.309 e. The minimum Gasteiger partial charge on any atom is -0.487 e. The lowest BCUT2D eigenvalue weighted by Gasteiger charge is -2.36. The van der Waals surface area contributed by atoms with Crippen molar-refractivity contribution in [2.75, 3.05) is 20.1 Å². The van der Waals surface area contributed by atoms with Crippen LogP contribution < -0.4 is 4.74 Å². The highest BCUT2D eigenvalue weighted by Gasteiger charge is 2.28. The number of halogens is 1. The predicted octanol–water partition coefficient (Wildman–Crippen LogP) is 2.80. The van der Waals surface area contributed by atoms with Crippen molar-refractivity contribution >= 4 is 21.9 Å². The van der Waals surface area contributed by atoms with E-state index in [0.717, 1.165) is 28.9 Å². The molecule has 20 heavy (non-hydrogen) atoms. The lowest BCUT2D eigenvalue weighted by atomic mass is 9.86. The molecule has 0 spiro atoms. The Balaban J connectivity index is 2.04. The molecule has 0 bridgehead atoms. The smallest absolute Gasteiger partial charge is 0.309 e. The lowest BCUT2D eigenvalue weighted by molar-refractivity contribution is -0.146. The van der Waals surface area contributed by atoms with E-state index in [1.165, 1.54) is 0 Å². The number of aliphatic carboxylic acids is 1. The van der Waals surface area contributed by atoms with Crippen LogP contribution in [0.4, 0.5) is 0 Å². The molecule has 0 unspecified atom stereocenters. The molecule has 0 aromatic heterocycles. The van der Waals surface area contributed by atoms with Crippen LogP contribution in [-0.2, 0) is 11.2 Å². The van der Waals surface area contributed by atoms with Crippen LogP contribution >= 0.6 is 15.9 Å². The molecule has 0 atom stereocenters. The fourth-order valence-electron chi connectivity index (χ4n) is 2.23. The Morgan fingerprint density at radius 3 is 2.65 bits per heavy atom. The third kappa shape index (κ3) is 3.52. The van der Waals surface area contributed by atoms with E-state index < -0.39 is 11.4 Å². The zero-order valence-corrected chi connectivity index (χ0v) is 13.6. The summed E-state index contributed by atoms with van der Waals surface area (Å²) in [5.74, 6) is 0.0337. The number of nitrogens with zero attached hydrogens (tertiary/aromatic N) is 1. The maximum absolute atomic E-state index is 11.2. The van der Waals surface area contributed by atoms with E-state index >= 15 is 0 Å². The van der Waals surface area contributed by atoms with Gasteiger partial charge in [0, 0.05) is 13.1 Å². The second kappa shape index (κ2) is 5.74. The molecular weight excluding hydrogens is 322 g/mol. The Labute approximate surface area is 127 Å². The molecule has 0 saturated carbocycles. The van der Waals surface area contributed by atoms with Gasteiger partial charge in [-0.3, -0.25) is 9.69 Å². The Hall–Kier alpha value is -1.07. The average Bonchev–Trinajstić information content (AvgIpc) is 2.29. The van der Waals surface area contributed by atoms with Crippen molar-refractivity contribution in [1.29, 1.82) is 0 Å². The number of hydrogen-bond acceptors (Lipinski definition) is 3. The van der Waals surface area contributed by atoms with Gasteiger partial charge in [0.1, 0.15) is 11.9 Å². The first-order valence-corrected chi connectivity index (χ1v) is 7.44. The summed E-state index contributed by atoms with van der Waals surface area (Å²) in [6, 6.07) is 5.80. The molecule has 1 aliphatic heterocycles. The van der Waals surface area contributed by atoms with Crippen molar-refractivity contribution in [3.8, 4) is 5.75 Å². The van der Waals surface area contributed by atoms with Gasteiger partial charge < -0.3 is 9.84 Å². The summed E-state index contributed by atoms with van der Waals surface area (Å²) in [5.41, 5.74) is 0.223. The Morgan fingerprint density at radius 1 is 1.50 bits per heavy atom. The van der Waals surface area contributed by atoms with Crippen LogP contribution in [0.15, 0.2) is 22.7 Å². The molecule has 1 saturated heterocycles. The Kier molecular flexibility index (Phi) is 4.39. The molecule has 1 aromatic rings. The van der Waals surface area contributed by atoms with Crippen molar-refractivity contribution in [1.82, 2.24) is 4.90 Å². The second-order valence-corrected chi connectivity index (χ2v) is 6.95. The van der Waals surface area contributed by atoms with Gasteiger partial charge in [-0.1, -0.05) is 6.07 Å². The summed E-state index contributed by atoms with van der Waals surface area (Å²) in [6.45, 7) is 5.36. The number of carboxylic acid groups (broad SMARTS) is 1. The van der Waals surface area contributed by atoms with Crippen LogP contribution in [0.3, 0.4) is 0 Å². The number of rotatable bonds is 5. The van der Waals surface area contributed by atoms with Gasteiger partial charge in [-0.2, -0.15) is 0 Å². The first-order valence-electron chi connectivity index (χ1n) is 6.65. The van der Waals surface area contributed by atoms with Gasteiger partial charge in [0.15, 0.2) is 0 Å². The summed E-state index contributed by atoms with van der Waals surface area (Å²) in [4.78, 5) is 13.4. The molecule has 0 aliphatic carbocycles. The number of carboxylic acids is 1. The molecule has 0 radical (unpaired) electrons. The molecule has 4 nitrogen and oxygen atoms in total. The maximum atomic E-state index is 11.2. The Bertz CT molecular complexity index is 510. The first kappa shape index (κ1) is 15.3. The van der Waals surface area contributed by atoms with Crippen LogP contribution in [0.25, 0.3) is 0 Å². The fourth-order valence-corrected chi connectivity index (χ4v) is 2.75. The zero-order chi connectivity index (χ0) is 14.9. The van der Waals surface area contributed by atoms with Crippen LogP contribution in [0.2, 0.25) is 0 Å². The van der Waals surface area contributed by atoms with E-state index in [1.54, 1.807) is 13.8 Å². The van der Waals surface area contributed by atoms with E-state index in [4.69, 9.17) is 9.84 Å². The van der Waals surface area contributed by atoms with Gasteiger partial charge in [-0.25, -0.2) is 0 Å². The highest BCUT2D eigenvalue weighted by atomic mass is 79.9. The monoisotopic (exact) mass is 341 g/mol. The van der Waals surface area contributed by atoms with Gasteiger partial charge in [-0.05, 0) is 60.9 Å². The van der Waals surface area contributed by atoms with E-state index in [0.29, 0.717) is 6.42 Å². The Morgan fingerprint density at radius 2 is 2.15 bits per heavy atom. The lowest BCUT2D eigenvalue weighted by Crippen LogP contribution is -2.51. The number of likely N-dealkylation sites (N-methyl/N-ethyl adjacent to an activating group) is 1. The summed E-state index contributed by atoms with van der Waals surface area (Å²) in [6.07, 6.45) is 0.741. The topological polar surface area (TPSA) is 49.8 Å². The molecular formula is C15H20BrNO3. The number of likely N-dealkylation sites (tertiary alicyclic amines) is 1. The molecule has 5 heteroatoms. The van der Waals surface area contributed by atoms with Gasteiger partial charge in [-0.15, -0.1) is 0 Å². The third-order valence-corrected chi connectivity index (χ3v) is 4.17. The van der Waals surface area contributed by atoms with Crippen molar-refractivity contribution in [3.05, 3.63) is 28.2 Å². The van der Waals surface area contributed by atoms with E-state index in [9.17, 15) is 4.79 Å². The van der Waals surface area contributed by atoms with E-state index in [-0.39, 0.29) is 6.10 Å². The quantitative estimate of drug-likeness (QED) is 0.894. The normalized spacial score (nSPS) is 16.8. The van der Waals surface area contributed by atoms with E-state index in [2.05, 4.69) is 27.9 Å². The fraction of sp³-hybridized carbons (Fsp3) is 0.533. The van der Waals surface area contributed by atoms with Crippen molar-refractivity contribution < 1.29 is 14.6 Å². The summed E-state index contributed by atoms with van der Waals surface area (Å²) in [7, 11) is 2.06. The predicted molar refractivity (Wildman–Crippen MR) is 81.2 cm³/mol. The van der Waals surface area contributed by atoms with Crippen molar-refractivity contribution in [2.45, 2.75) is 26.4 Å². The molecule has 1 N–H and O–H groups in total. The molecule has 1 fully saturated rings. The highest BCUT2D eigenvalue weighted by Crippen LogP contribution is 2.31. The number of benzene rings is 1. The van der Waals surface area contributed by atoms with Gasteiger partial charge >= 0.3 is 5.97 Å². The molecule has 110 valence electrons. The molecule has 1 heterocycles. The molecule has 2 rings (SSSR count). The minimum absolute atomic E-state index is 0.248. The number of hydrogen-bond donors (Lipinski definition) is 1. The molecule has 1 aromatic carbocycles.